The second-order valence-electron chi connectivity index (χ2n) is 3.28. The largest absolute Gasteiger partial charge is 0.398 e. The zero-order chi connectivity index (χ0) is 9.42. The third-order valence-corrected chi connectivity index (χ3v) is 2.37. The fourth-order valence-corrected chi connectivity index (χ4v) is 1.50. The van der Waals surface area contributed by atoms with Crippen molar-refractivity contribution in [3.05, 3.63) is 23.4 Å². The number of benzene rings is 1. The SMILES string of the molecule is CCc1[nH]nc2cc(C)c(N)cc12. The van der Waals surface area contributed by atoms with Gasteiger partial charge in [0.25, 0.3) is 0 Å². The van der Waals surface area contributed by atoms with Crippen LogP contribution in [-0.2, 0) is 6.42 Å². The van der Waals surface area contributed by atoms with Crippen molar-refractivity contribution in [1.82, 2.24) is 10.2 Å². The van der Waals surface area contributed by atoms with E-state index in [1.54, 1.807) is 0 Å². The van der Waals surface area contributed by atoms with Gasteiger partial charge in [-0.15, -0.1) is 0 Å². The summed E-state index contributed by atoms with van der Waals surface area (Å²) in [7, 11) is 0. The molecular weight excluding hydrogens is 162 g/mol. The Balaban J connectivity index is 2.77. The molecule has 0 bridgehead atoms. The molecule has 0 atom stereocenters. The summed E-state index contributed by atoms with van der Waals surface area (Å²) in [4.78, 5) is 0. The van der Waals surface area contributed by atoms with Crippen LogP contribution >= 0.6 is 0 Å². The number of hydrogen-bond acceptors (Lipinski definition) is 2. The third-order valence-electron chi connectivity index (χ3n) is 2.37. The summed E-state index contributed by atoms with van der Waals surface area (Å²) < 4.78 is 0. The quantitative estimate of drug-likeness (QED) is 0.651. The summed E-state index contributed by atoms with van der Waals surface area (Å²) in [6, 6.07) is 4.01. The van der Waals surface area contributed by atoms with E-state index in [4.69, 9.17) is 5.73 Å². The Kier molecular flexibility index (Phi) is 1.72. The van der Waals surface area contributed by atoms with Gasteiger partial charge in [0, 0.05) is 16.8 Å². The van der Waals surface area contributed by atoms with Crippen molar-refractivity contribution in [1.29, 1.82) is 0 Å². The minimum absolute atomic E-state index is 0.837. The average molecular weight is 175 g/mol. The first-order valence-electron chi connectivity index (χ1n) is 4.45. The van der Waals surface area contributed by atoms with Gasteiger partial charge < -0.3 is 5.73 Å². The van der Waals surface area contributed by atoms with E-state index in [1.807, 2.05) is 19.1 Å². The normalized spacial score (nSPS) is 10.9. The summed E-state index contributed by atoms with van der Waals surface area (Å²) in [5, 5.41) is 8.37. The average Bonchev–Trinajstić information content (AvgIpc) is 2.48. The van der Waals surface area contributed by atoms with Crippen LogP contribution in [0.5, 0.6) is 0 Å². The molecule has 1 aromatic carbocycles. The summed E-state index contributed by atoms with van der Waals surface area (Å²) >= 11 is 0. The summed E-state index contributed by atoms with van der Waals surface area (Å²) in [5.74, 6) is 0. The molecule has 1 heterocycles. The first kappa shape index (κ1) is 8.10. The molecule has 0 radical (unpaired) electrons. The van der Waals surface area contributed by atoms with Crippen molar-refractivity contribution in [2.24, 2.45) is 0 Å². The van der Waals surface area contributed by atoms with Gasteiger partial charge in [-0.1, -0.05) is 6.92 Å². The van der Waals surface area contributed by atoms with Gasteiger partial charge >= 0.3 is 0 Å². The summed E-state index contributed by atoms with van der Waals surface area (Å²) in [6.07, 6.45) is 0.957. The van der Waals surface area contributed by atoms with Gasteiger partial charge in [-0.05, 0) is 31.0 Å². The lowest BCUT2D eigenvalue weighted by Crippen LogP contribution is -1.89. The van der Waals surface area contributed by atoms with E-state index >= 15 is 0 Å². The number of hydrogen-bond donors (Lipinski definition) is 2. The highest BCUT2D eigenvalue weighted by Gasteiger charge is 2.05. The molecular formula is C10H13N3. The van der Waals surface area contributed by atoms with Crippen LogP contribution in [0.15, 0.2) is 12.1 Å². The van der Waals surface area contributed by atoms with Crippen molar-refractivity contribution in [3.63, 3.8) is 0 Å². The van der Waals surface area contributed by atoms with Crippen molar-refractivity contribution in [2.45, 2.75) is 20.3 Å². The molecule has 3 nitrogen and oxygen atoms in total. The maximum atomic E-state index is 5.83. The van der Waals surface area contributed by atoms with E-state index in [-0.39, 0.29) is 0 Å². The first-order valence-corrected chi connectivity index (χ1v) is 4.45. The molecule has 0 spiro atoms. The standard InChI is InChI=1S/C10H13N3/c1-3-9-7-5-8(11)6(2)4-10(7)13-12-9/h4-5H,3,11H2,1-2H3,(H,12,13). The van der Waals surface area contributed by atoms with Gasteiger partial charge in [0.05, 0.1) is 5.52 Å². The second kappa shape index (κ2) is 2.76. The van der Waals surface area contributed by atoms with Crippen LogP contribution in [-0.4, -0.2) is 10.2 Å². The minimum Gasteiger partial charge on any atom is -0.398 e. The Morgan fingerprint density at radius 1 is 1.46 bits per heavy atom. The molecule has 0 saturated heterocycles. The van der Waals surface area contributed by atoms with E-state index < -0.39 is 0 Å². The number of H-pyrrole nitrogens is 1. The summed E-state index contributed by atoms with van der Waals surface area (Å²) in [6.45, 7) is 4.10. The van der Waals surface area contributed by atoms with E-state index in [0.717, 1.165) is 34.3 Å². The Morgan fingerprint density at radius 2 is 2.23 bits per heavy atom. The van der Waals surface area contributed by atoms with Crippen LogP contribution < -0.4 is 5.73 Å². The zero-order valence-corrected chi connectivity index (χ0v) is 7.89. The van der Waals surface area contributed by atoms with Gasteiger partial charge in [0.2, 0.25) is 0 Å². The van der Waals surface area contributed by atoms with Gasteiger partial charge in [-0.2, -0.15) is 5.10 Å². The molecule has 0 fully saturated rings. The van der Waals surface area contributed by atoms with Crippen molar-refractivity contribution in [3.8, 4) is 0 Å². The van der Waals surface area contributed by atoms with Gasteiger partial charge in [0.1, 0.15) is 0 Å². The molecule has 0 unspecified atom stereocenters. The number of fused-ring (bicyclic) bond motifs is 1. The van der Waals surface area contributed by atoms with Crippen LogP contribution in [0.3, 0.4) is 0 Å². The highest BCUT2D eigenvalue weighted by molar-refractivity contribution is 5.85. The Labute approximate surface area is 76.9 Å². The molecule has 0 aliphatic rings. The van der Waals surface area contributed by atoms with Crippen LogP contribution in [0.2, 0.25) is 0 Å². The topological polar surface area (TPSA) is 54.7 Å². The molecule has 3 heteroatoms. The predicted molar refractivity (Wildman–Crippen MR) is 54.6 cm³/mol. The lowest BCUT2D eigenvalue weighted by atomic mass is 10.1. The maximum absolute atomic E-state index is 5.83. The molecule has 0 aliphatic heterocycles. The molecule has 1 aromatic heterocycles. The number of nitrogens with two attached hydrogens (primary N) is 1. The van der Waals surface area contributed by atoms with E-state index in [9.17, 15) is 0 Å². The van der Waals surface area contributed by atoms with Gasteiger partial charge in [-0.25, -0.2) is 0 Å². The molecule has 13 heavy (non-hydrogen) atoms. The fourth-order valence-electron chi connectivity index (χ4n) is 1.50. The summed E-state index contributed by atoms with van der Waals surface area (Å²) in [5.41, 5.74) is 9.91. The zero-order valence-electron chi connectivity index (χ0n) is 7.89. The van der Waals surface area contributed by atoms with Crippen molar-refractivity contribution >= 4 is 16.6 Å². The fraction of sp³-hybridized carbons (Fsp3) is 0.300. The first-order chi connectivity index (χ1) is 6.22. The lowest BCUT2D eigenvalue weighted by Gasteiger charge is -1.99. The van der Waals surface area contributed by atoms with Crippen LogP contribution in [0, 0.1) is 6.92 Å². The van der Waals surface area contributed by atoms with Crippen LogP contribution in [0.25, 0.3) is 10.9 Å². The van der Waals surface area contributed by atoms with Crippen molar-refractivity contribution < 1.29 is 0 Å². The number of nitrogens with one attached hydrogen (secondary N) is 1. The lowest BCUT2D eigenvalue weighted by molar-refractivity contribution is 0.988. The van der Waals surface area contributed by atoms with Crippen LogP contribution in [0.1, 0.15) is 18.2 Å². The predicted octanol–water partition coefficient (Wildman–Crippen LogP) is 2.02. The smallest absolute Gasteiger partial charge is 0.0927 e. The van der Waals surface area contributed by atoms with Crippen molar-refractivity contribution in [2.75, 3.05) is 5.73 Å². The number of rotatable bonds is 1. The van der Waals surface area contributed by atoms with E-state index in [1.165, 1.54) is 0 Å². The molecule has 0 aliphatic carbocycles. The molecule has 3 N–H and O–H groups in total. The number of nitrogen functional groups attached to an aromatic ring is 1. The van der Waals surface area contributed by atoms with Gasteiger partial charge in [0.15, 0.2) is 0 Å². The molecule has 0 amide bonds. The maximum Gasteiger partial charge on any atom is 0.0927 e. The number of aromatic nitrogens is 2. The van der Waals surface area contributed by atoms with E-state index in [0.29, 0.717) is 0 Å². The number of aromatic amines is 1. The third kappa shape index (κ3) is 1.16. The monoisotopic (exact) mass is 175 g/mol. The van der Waals surface area contributed by atoms with Crippen LogP contribution in [0.4, 0.5) is 5.69 Å². The highest BCUT2D eigenvalue weighted by atomic mass is 15.1. The number of anilines is 1. The molecule has 0 saturated carbocycles. The highest BCUT2D eigenvalue weighted by Crippen LogP contribution is 2.22. The molecule has 2 aromatic rings. The Bertz CT molecular complexity index is 443. The molecule has 68 valence electrons. The minimum atomic E-state index is 0.837. The Hall–Kier alpha value is -1.51. The van der Waals surface area contributed by atoms with Gasteiger partial charge in [-0.3, -0.25) is 5.10 Å². The van der Waals surface area contributed by atoms with E-state index in [2.05, 4.69) is 17.1 Å². The number of aryl methyl sites for hydroxylation is 2. The Morgan fingerprint density at radius 3 is 2.92 bits per heavy atom. The molecule has 2 rings (SSSR count). The second-order valence-corrected chi connectivity index (χ2v) is 3.28. The number of nitrogens with zero attached hydrogens (tertiary/aromatic N) is 1.